The second-order valence-corrected chi connectivity index (χ2v) is 13.5. The molecule has 290 valence electrons. The molecular weight excluding hydrogens is 719 g/mol. The van der Waals surface area contributed by atoms with Crippen molar-refractivity contribution in [1.29, 1.82) is 0 Å². The van der Waals surface area contributed by atoms with Gasteiger partial charge in [0.25, 0.3) is 0 Å². The Morgan fingerprint density at radius 1 is 0.439 bits per heavy atom. The van der Waals surface area contributed by atoms with Crippen molar-refractivity contribution in [1.82, 2.24) is 4.48 Å². The number of methoxy groups -OCH3 is 3. The predicted molar refractivity (Wildman–Crippen MR) is 222 cm³/mol. The van der Waals surface area contributed by atoms with Crippen molar-refractivity contribution in [2.75, 3.05) is 21.3 Å². The maximum Gasteiger partial charge on any atom is 0.148 e. The number of aryl methyl sites for hydroxylation is 1. The van der Waals surface area contributed by atoms with Gasteiger partial charge in [-0.3, -0.25) is 0 Å². The number of hydrogen-bond acceptors (Lipinski definition) is 8. The van der Waals surface area contributed by atoms with Crippen LogP contribution in [0.4, 0.5) is 22.7 Å². The van der Waals surface area contributed by atoms with Crippen LogP contribution in [0.25, 0.3) is 0 Å². The molecule has 0 saturated carbocycles. The van der Waals surface area contributed by atoms with E-state index in [-0.39, 0.29) is 41.6 Å². The molecule has 7 aromatic rings. The summed E-state index contributed by atoms with van der Waals surface area (Å²) < 4.78 is 16.7. The molecule has 9 heteroatoms. The van der Waals surface area contributed by atoms with Crippen molar-refractivity contribution >= 4 is 22.7 Å². The number of benzene rings is 7. The highest BCUT2D eigenvalue weighted by molar-refractivity contribution is 5.82. The average molecular weight is 764 g/mol. The maximum absolute atomic E-state index is 12.8. The highest BCUT2D eigenvalue weighted by Gasteiger charge is 2.39. The molecule has 0 heterocycles. The lowest BCUT2D eigenvalue weighted by atomic mass is 9.95. The molecule has 0 amide bonds. The lowest BCUT2D eigenvalue weighted by molar-refractivity contribution is -0.270. The minimum Gasteiger partial charge on any atom is -0.872 e. The zero-order valence-corrected chi connectivity index (χ0v) is 32.2. The van der Waals surface area contributed by atoms with Gasteiger partial charge in [-0.2, -0.15) is 4.48 Å². The van der Waals surface area contributed by atoms with Crippen molar-refractivity contribution in [3.05, 3.63) is 179 Å². The van der Waals surface area contributed by atoms with E-state index in [1.165, 1.54) is 24.3 Å². The number of phenols is 4. The van der Waals surface area contributed by atoms with Gasteiger partial charge in [0, 0.05) is 73.5 Å². The van der Waals surface area contributed by atoms with Crippen LogP contribution in [-0.2, 0) is 12.8 Å². The molecule has 0 fully saturated rings. The summed E-state index contributed by atoms with van der Waals surface area (Å²) in [5.41, 5.74) is 7.41. The Bertz CT molecular complexity index is 2220. The minimum absolute atomic E-state index is 0.0404. The number of ether oxygens (including phenoxy) is 3. The molecule has 7 rings (SSSR count). The topological polar surface area (TPSA) is 132 Å². The summed E-state index contributed by atoms with van der Waals surface area (Å²) in [6.45, 7) is 1.87. The van der Waals surface area contributed by atoms with Gasteiger partial charge in [-0.1, -0.05) is 59.2 Å². The zero-order chi connectivity index (χ0) is 40.5. The molecule has 4 N–H and O–H groups in total. The highest BCUT2D eigenvalue weighted by atomic mass is 16.5. The number of para-hydroxylation sites is 1. The first-order valence-electron chi connectivity index (χ1n) is 18.2. The number of aromatic hydroxyl groups is 4. The number of quaternary nitrogens is 1. The quantitative estimate of drug-likeness (QED) is 0.0958. The van der Waals surface area contributed by atoms with Crippen LogP contribution in [0.2, 0.25) is 0 Å². The van der Waals surface area contributed by atoms with Crippen molar-refractivity contribution in [3.8, 4) is 46.0 Å². The van der Waals surface area contributed by atoms with E-state index in [1.54, 1.807) is 45.6 Å². The van der Waals surface area contributed by atoms with Crippen LogP contribution in [0.15, 0.2) is 152 Å². The fourth-order valence-corrected chi connectivity index (χ4v) is 6.97. The molecule has 0 aromatic heterocycles. The molecule has 7 aromatic carbocycles. The van der Waals surface area contributed by atoms with Crippen LogP contribution in [0.1, 0.15) is 27.8 Å². The number of rotatable bonds is 11. The van der Waals surface area contributed by atoms with Crippen molar-refractivity contribution in [2.45, 2.75) is 19.8 Å². The third-order valence-electron chi connectivity index (χ3n) is 9.81. The Hall–Kier alpha value is -7.10. The average Bonchev–Trinajstić information content (AvgIpc) is 3.23. The SMILES string of the molecule is COc1ccc([N+](c2ccccc2)(c2ccc(OC)cc2)c2ccc(OC)cc2)cc1.Cc1cc(Cc2ccc(O)cc2O)c([O-])c(Cc2ccc(O)cc2O)c1. The van der Waals surface area contributed by atoms with Gasteiger partial charge in [0.05, 0.1) is 21.3 Å². The molecule has 0 aliphatic carbocycles. The predicted octanol–water partition coefficient (Wildman–Crippen LogP) is 10.1. The Labute approximate surface area is 332 Å². The van der Waals surface area contributed by atoms with Gasteiger partial charge < -0.3 is 39.7 Å². The van der Waals surface area contributed by atoms with Crippen LogP contribution in [0.5, 0.6) is 46.0 Å². The Kier molecular flexibility index (Phi) is 12.2. The second-order valence-electron chi connectivity index (χ2n) is 13.5. The van der Waals surface area contributed by atoms with E-state index in [1.807, 2.05) is 49.4 Å². The molecule has 0 atom stereocenters. The first-order valence-corrected chi connectivity index (χ1v) is 18.2. The summed E-state index contributed by atoms with van der Waals surface area (Å²) in [6, 6.07) is 47.3. The van der Waals surface area contributed by atoms with Gasteiger partial charge in [0.15, 0.2) is 0 Å². The van der Waals surface area contributed by atoms with E-state index in [0.29, 0.717) is 26.7 Å². The van der Waals surface area contributed by atoms with E-state index in [9.17, 15) is 25.5 Å². The molecular formula is C48H45NO8. The Balaban J connectivity index is 0.000000196. The van der Waals surface area contributed by atoms with Crippen molar-refractivity contribution in [2.24, 2.45) is 0 Å². The van der Waals surface area contributed by atoms with Gasteiger partial charge in [0.2, 0.25) is 0 Å². The van der Waals surface area contributed by atoms with Gasteiger partial charge in [-0.15, -0.1) is 5.75 Å². The molecule has 0 bridgehead atoms. The summed E-state index contributed by atoms with van der Waals surface area (Å²) >= 11 is 0. The van der Waals surface area contributed by atoms with Crippen LogP contribution in [0, 0.1) is 6.92 Å². The molecule has 0 aliphatic heterocycles. The number of hydrogen-bond donors (Lipinski definition) is 4. The first kappa shape index (κ1) is 39.6. The summed E-state index contributed by atoms with van der Waals surface area (Å²) in [7, 11) is 5.05. The normalized spacial score (nSPS) is 10.9. The molecule has 9 nitrogen and oxygen atoms in total. The van der Waals surface area contributed by atoms with Gasteiger partial charge in [0.1, 0.15) is 63.0 Å². The van der Waals surface area contributed by atoms with Crippen LogP contribution in [0.3, 0.4) is 0 Å². The van der Waals surface area contributed by atoms with Crippen LogP contribution >= 0.6 is 0 Å². The maximum atomic E-state index is 12.8. The lowest BCUT2D eigenvalue weighted by Gasteiger charge is -2.37. The van der Waals surface area contributed by atoms with E-state index < -0.39 is 0 Å². The Morgan fingerprint density at radius 3 is 1.12 bits per heavy atom. The standard InChI is InChI=1S/C27H26NO3.C21H20O5/c1-29-25-15-9-22(10-16-25)28(21-7-5-4-6-8-21,23-11-17-26(30-2)18-12-23)24-13-19-27(31-3)20-14-24;1-12-6-15(8-13-2-4-17(22)10-19(13)24)21(26)16(7-12)9-14-3-5-18(23)11-20(14)25/h4-20H,1-3H3;2-7,10-11,22-26H,8-9H2,1H3/q+1;/p-1. The second kappa shape index (κ2) is 17.6. The summed E-state index contributed by atoms with van der Waals surface area (Å²) in [5.74, 6) is 2.09. The Morgan fingerprint density at radius 2 is 0.789 bits per heavy atom. The minimum atomic E-state index is -0.157. The molecule has 0 aliphatic rings. The number of nitrogens with zero attached hydrogens (tertiary/aromatic N) is 1. The van der Waals surface area contributed by atoms with E-state index in [2.05, 4.69) is 60.7 Å². The third kappa shape index (κ3) is 8.75. The van der Waals surface area contributed by atoms with E-state index in [4.69, 9.17) is 14.2 Å². The van der Waals surface area contributed by atoms with Crippen molar-refractivity contribution < 1.29 is 39.7 Å². The number of phenolic OH excluding ortho intramolecular Hbond substituents is 4. The zero-order valence-electron chi connectivity index (χ0n) is 32.2. The van der Waals surface area contributed by atoms with Crippen molar-refractivity contribution in [3.63, 3.8) is 0 Å². The monoisotopic (exact) mass is 763 g/mol. The van der Waals surface area contributed by atoms with Gasteiger partial charge >= 0.3 is 0 Å². The first-order chi connectivity index (χ1) is 27.5. The summed E-state index contributed by atoms with van der Waals surface area (Å²) in [4.78, 5) is 0. The highest BCUT2D eigenvalue weighted by Crippen LogP contribution is 2.52. The smallest absolute Gasteiger partial charge is 0.148 e. The third-order valence-corrected chi connectivity index (χ3v) is 9.81. The molecule has 0 spiro atoms. The molecule has 57 heavy (non-hydrogen) atoms. The van der Waals surface area contributed by atoms with E-state index in [0.717, 1.165) is 45.6 Å². The fraction of sp³-hybridized carbons (Fsp3) is 0.125. The summed E-state index contributed by atoms with van der Waals surface area (Å²) in [6.07, 6.45) is 0.475. The molecule has 0 radical (unpaired) electrons. The molecule has 0 saturated heterocycles. The van der Waals surface area contributed by atoms with E-state index >= 15 is 0 Å². The van der Waals surface area contributed by atoms with Crippen LogP contribution in [-0.4, -0.2) is 41.8 Å². The lowest BCUT2D eigenvalue weighted by Crippen LogP contribution is -2.33. The fourth-order valence-electron chi connectivity index (χ4n) is 6.97. The summed E-state index contributed by atoms with van der Waals surface area (Å²) in [5, 5.41) is 51.5. The molecule has 0 unspecified atom stereocenters. The van der Waals surface area contributed by atoms with Gasteiger partial charge in [-0.25, -0.2) is 0 Å². The van der Waals surface area contributed by atoms with Crippen LogP contribution < -0.4 is 23.8 Å². The largest absolute Gasteiger partial charge is 0.872 e. The van der Waals surface area contributed by atoms with Gasteiger partial charge in [-0.05, 0) is 66.6 Å².